The Morgan fingerprint density at radius 3 is 2.33 bits per heavy atom. The van der Waals surface area contributed by atoms with Gasteiger partial charge in [-0.25, -0.2) is 0 Å². The van der Waals surface area contributed by atoms with Crippen molar-refractivity contribution in [1.29, 1.82) is 0 Å². The van der Waals surface area contributed by atoms with E-state index in [1.54, 1.807) is 0 Å². The quantitative estimate of drug-likeness (QED) is 0.655. The van der Waals surface area contributed by atoms with Gasteiger partial charge in [0.2, 0.25) is 5.91 Å². The Morgan fingerprint density at radius 1 is 1.42 bits per heavy atom. The fourth-order valence-electron chi connectivity index (χ4n) is 1.38. The summed E-state index contributed by atoms with van der Waals surface area (Å²) in [7, 11) is 0. The summed E-state index contributed by atoms with van der Waals surface area (Å²) in [5, 5.41) is 0. The molecule has 0 aromatic heterocycles. The average molecular weight is 171 g/mol. The number of carbonyl (C=O) groups excluding carboxylic acids is 1. The highest BCUT2D eigenvalue weighted by molar-refractivity contribution is 5.76. The van der Waals surface area contributed by atoms with E-state index in [4.69, 9.17) is 5.73 Å². The van der Waals surface area contributed by atoms with Crippen LogP contribution in [0.5, 0.6) is 0 Å². The topological polar surface area (TPSA) is 43.1 Å². The summed E-state index contributed by atoms with van der Waals surface area (Å²) >= 11 is 0. The van der Waals surface area contributed by atoms with E-state index in [1.807, 2.05) is 0 Å². The van der Waals surface area contributed by atoms with Crippen LogP contribution in [0.25, 0.3) is 0 Å². The second kappa shape index (κ2) is 6.04. The molecule has 0 fully saturated rings. The van der Waals surface area contributed by atoms with Crippen LogP contribution in [0.1, 0.15) is 46.5 Å². The summed E-state index contributed by atoms with van der Waals surface area (Å²) in [5.41, 5.74) is 5.29. The van der Waals surface area contributed by atoms with Crippen molar-refractivity contribution in [2.24, 2.45) is 17.6 Å². The van der Waals surface area contributed by atoms with E-state index in [0.717, 1.165) is 25.7 Å². The zero-order valence-corrected chi connectivity index (χ0v) is 8.47. The van der Waals surface area contributed by atoms with Crippen LogP contribution in [0, 0.1) is 11.8 Å². The molecule has 72 valence electrons. The monoisotopic (exact) mass is 171 g/mol. The minimum Gasteiger partial charge on any atom is -0.369 e. The number of primary amides is 1. The molecule has 0 aliphatic rings. The Hall–Kier alpha value is -0.530. The van der Waals surface area contributed by atoms with E-state index in [9.17, 15) is 4.79 Å². The lowest BCUT2D eigenvalue weighted by molar-refractivity contribution is -0.122. The zero-order chi connectivity index (χ0) is 9.56. The van der Waals surface area contributed by atoms with Crippen LogP contribution in [0.4, 0.5) is 0 Å². The lowest BCUT2D eigenvalue weighted by Gasteiger charge is -2.15. The average Bonchev–Trinajstić information content (AvgIpc) is 2.03. The maximum atomic E-state index is 11.0. The van der Waals surface area contributed by atoms with Gasteiger partial charge in [-0.2, -0.15) is 0 Å². The molecule has 0 aliphatic heterocycles. The predicted molar refractivity (Wildman–Crippen MR) is 51.7 cm³/mol. The van der Waals surface area contributed by atoms with Gasteiger partial charge in [-0.3, -0.25) is 4.79 Å². The second-order valence-corrected chi connectivity index (χ2v) is 3.64. The first-order valence-corrected chi connectivity index (χ1v) is 4.91. The van der Waals surface area contributed by atoms with Crippen molar-refractivity contribution in [1.82, 2.24) is 0 Å². The molecule has 0 heterocycles. The summed E-state index contributed by atoms with van der Waals surface area (Å²) in [5.74, 6) is 0.594. The molecule has 0 radical (unpaired) electrons. The summed E-state index contributed by atoms with van der Waals surface area (Å²) in [4.78, 5) is 11.0. The van der Waals surface area contributed by atoms with E-state index in [0.29, 0.717) is 5.92 Å². The van der Waals surface area contributed by atoms with Gasteiger partial charge in [-0.15, -0.1) is 0 Å². The minimum absolute atomic E-state index is 0.102. The van der Waals surface area contributed by atoms with Gasteiger partial charge in [-0.1, -0.05) is 33.6 Å². The van der Waals surface area contributed by atoms with Gasteiger partial charge < -0.3 is 5.73 Å². The molecule has 0 rings (SSSR count). The Kier molecular flexibility index (Phi) is 5.77. The van der Waals surface area contributed by atoms with Crippen LogP contribution in [-0.4, -0.2) is 5.91 Å². The second-order valence-electron chi connectivity index (χ2n) is 3.64. The number of hydrogen-bond donors (Lipinski definition) is 1. The van der Waals surface area contributed by atoms with E-state index >= 15 is 0 Å². The smallest absolute Gasteiger partial charge is 0.220 e. The van der Waals surface area contributed by atoms with E-state index in [-0.39, 0.29) is 11.8 Å². The molecule has 12 heavy (non-hydrogen) atoms. The number of carbonyl (C=O) groups is 1. The Balaban J connectivity index is 3.86. The van der Waals surface area contributed by atoms with Gasteiger partial charge >= 0.3 is 0 Å². The molecule has 2 N–H and O–H groups in total. The zero-order valence-electron chi connectivity index (χ0n) is 8.47. The molecule has 2 nitrogen and oxygen atoms in total. The normalized spacial score (nSPS) is 15.6. The van der Waals surface area contributed by atoms with Crippen LogP contribution in [0.2, 0.25) is 0 Å². The molecular weight excluding hydrogens is 150 g/mol. The summed E-state index contributed by atoms with van der Waals surface area (Å²) < 4.78 is 0. The minimum atomic E-state index is -0.128. The van der Waals surface area contributed by atoms with Crippen molar-refractivity contribution in [2.75, 3.05) is 0 Å². The van der Waals surface area contributed by atoms with Gasteiger partial charge in [0, 0.05) is 5.92 Å². The van der Waals surface area contributed by atoms with Gasteiger partial charge in [0.15, 0.2) is 0 Å². The van der Waals surface area contributed by atoms with Crippen molar-refractivity contribution in [2.45, 2.75) is 46.5 Å². The van der Waals surface area contributed by atoms with Crippen LogP contribution in [0.15, 0.2) is 0 Å². The number of amides is 1. The van der Waals surface area contributed by atoms with E-state index in [1.165, 1.54) is 0 Å². The van der Waals surface area contributed by atoms with Crippen molar-refractivity contribution in [3.63, 3.8) is 0 Å². The summed E-state index contributed by atoms with van der Waals surface area (Å²) in [6, 6.07) is 0. The van der Waals surface area contributed by atoms with Gasteiger partial charge in [0.05, 0.1) is 0 Å². The highest BCUT2D eigenvalue weighted by atomic mass is 16.1. The Bertz CT molecular complexity index is 134. The molecule has 0 spiro atoms. The summed E-state index contributed by atoms with van der Waals surface area (Å²) in [6.45, 7) is 6.41. The fraction of sp³-hybridized carbons (Fsp3) is 0.900. The third-order valence-electron chi connectivity index (χ3n) is 2.42. The maximum absolute atomic E-state index is 11.0. The van der Waals surface area contributed by atoms with Crippen molar-refractivity contribution >= 4 is 5.91 Å². The first-order valence-electron chi connectivity index (χ1n) is 4.91. The summed E-state index contributed by atoms with van der Waals surface area (Å²) in [6.07, 6.45) is 4.08. The maximum Gasteiger partial charge on any atom is 0.220 e. The van der Waals surface area contributed by atoms with Crippen molar-refractivity contribution in [3.8, 4) is 0 Å². The molecule has 1 amide bonds. The lowest BCUT2D eigenvalue weighted by Crippen LogP contribution is -2.24. The SMILES string of the molecule is CCCC(CC(C)CC)C(N)=O. The standard InChI is InChI=1S/C10H21NO/c1-4-6-9(10(11)12)7-8(3)5-2/h8-9H,4-7H2,1-3H3,(H2,11,12). The molecule has 0 aromatic carbocycles. The van der Waals surface area contributed by atoms with Crippen molar-refractivity contribution < 1.29 is 4.79 Å². The molecule has 0 saturated carbocycles. The fourth-order valence-corrected chi connectivity index (χ4v) is 1.38. The highest BCUT2D eigenvalue weighted by Gasteiger charge is 2.16. The highest BCUT2D eigenvalue weighted by Crippen LogP contribution is 2.18. The van der Waals surface area contributed by atoms with Crippen LogP contribution >= 0.6 is 0 Å². The van der Waals surface area contributed by atoms with Gasteiger partial charge in [0.1, 0.15) is 0 Å². The van der Waals surface area contributed by atoms with E-state index in [2.05, 4.69) is 20.8 Å². The third kappa shape index (κ3) is 4.37. The van der Waals surface area contributed by atoms with Gasteiger partial charge in [-0.05, 0) is 18.8 Å². The van der Waals surface area contributed by atoms with Crippen molar-refractivity contribution in [3.05, 3.63) is 0 Å². The lowest BCUT2D eigenvalue weighted by atomic mass is 9.90. The first-order chi connectivity index (χ1) is 5.61. The third-order valence-corrected chi connectivity index (χ3v) is 2.42. The number of hydrogen-bond acceptors (Lipinski definition) is 1. The van der Waals surface area contributed by atoms with Crippen LogP contribution < -0.4 is 5.73 Å². The van der Waals surface area contributed by atoms with Crippen LogP contribution in [0.3, 0.4) is 0 Å². The molecular formula is C10H21NO. The molecule has 0 bridgehead atoms. The molecule has 0 aliphatic carbocycles. The molecule has 0 aromatic rings. The molecule has 2 heteroatoms. The molecule has 2 unspecified atom stereocenters. The number of rotatable bonds is 6. The predicted octanol–water partition coefficient (Wildman–Crippen LogP) is 2.32. The van der Waals surface area contributed by atoms with E-state index < -0.39 is 0 Å². The largest absolute Gasteiger partial charge is 0.369 e. The first kappa shape index (κ1) is 11.5. The Morgan fingerprint density at radius 2 is 2.00 bits per heavy atom. The van der Waals surface area contributed by atoms with Gasteiger partial charge in [0.25, 0.3) is 0 Å². The number of nitrogens with two attached hydrogens (primary N) is 1. The molecule has 2 atom stereocenters. The van der Waals surface area contributed by atoms with Crippen LogP contribution in [-0.2, 0) is 4.79 Å². The molecule has 0 saturated heterocycles. The Labute approximate surface area is 75.5 Å².